The van der Waals surface area contributed by atoms with Gasteiger partial charge in [-0.2, -0.15) is 0 Å². The van der Waals surface area contributed by atoms with Crippen LogP contribution in [-0.4, -0.2) is 19.1 Å². The van der Waals surface area contributed by atoms with E-state index in [4.69, 9.17) is 0 Å². The molecule has 3 nitrogen and oxygen atoms in total. The van der Waals surface area contributed by atoms with Crippen LogP contribution in [0.4, 0.5) is 4.79 Å². The molecular weight excluding hydrogens is 164 g/mol. The van der Waals surface area contributed by atoms with Crippen LogP contribution in [0.2, 0.25) is 0 Å². The molecule has 4 unspecified atom stereocenters. The van der Waals surface area contributed by atoms with Crippen molar-refractivity contribution in [2.75, 3.05) is 13.1 Å². The maximum absolute atomic E-state index is 11.1. The van der Waals surface area contributed by atoms with E-state index in [-0.39, 0.29) is 6.03 Å². The Labute approximate surface area is 79.3 Å². The first kappa shape index (κ1) is 8.85. The maximum Gasteiger partial charge on any atom is 0.314 e. The van der Waals surface area contributed by atoms with Gasteiger partial charge in [0.15, 0.2) is 0 Å². The van der Waals surface area contributed by atoms with E-state index >= 15 is 0 Å². The van der Waals surface area contributed by atoms with Crippen LogP contribution in [0.3, 0.4) is 0 Å². The predicted octanol–water partition coefficient (Wildman–Crippen LogP) is 1.21. The zero-order valence-corrected chi connectivity index (χ0v) is 8.55. The van der Waals surface area contributed by atoms with Crippen molar-refractivity contribution in [3.8, 4) is 0 Å². The van der Waals surface area contributed by atoms with Crippen molar-refractivity contribution in [3.05, 3.63) is 0 Å². The average molecular weight is 182 g/mol. The molecule has 13 heavy (non-hydrogen) atoms. The van der Waals surface area contributed by atoms with Gasteiger partial charge < -0.3 is 10.6 Å². The van der Waals surface area contributed by atoms with Crippen molar-refractivity contribution in [2.45, 2.75) is 20.8 Å². The lowest BCUT2D eigenvalue weighted by molar-refractivity contribution is -0.0793. The number of carbonyl (C=O) groups is 1. The number of hydrogen-bond acceptors (Lipinski definition) is 1. The van der Waals surface area contributed by atoms with Gasteiger partial charge in [0.2, 0.25) is 0 Å². The van der Waals surface area contributed by atoms with Crippen LogP contribution in [0.5, 0.6) is 0 Å². The summed E-state index contributed by atoms with van der Waals surface area (Å²) in [7, 11) is 0. The standard InChI is InChI=1S/C10H18N2O/c1-6-7(2)10(3)5-12-9(13)11-4-8(6)10/h6-8H,4-5H2,1-3H3,(H2,11,12,13). The summed E-state index contributed by atoms with van der Waals surface area (Å²) in [6, 6.07) is -0.00461. The molecule has 1 aliphatic carbocycles. The molecule has 0 aromatic carbocycles. The molecule has 1 saturated heterocycles. The minimum Gasteiger partial charge on any atom is -0.338 e. The van der Waals surface area contributed by atoms with Gasteiger partial charge in [0.05, 0.1) is 0 Å². The predicted molar refractivity (Wildman–Crippen MR) is 51.3 cm³/mol. The van der Waals surface area contributed by atoms with E-state index in [0.717, 1.165) is 24.9 Å². The van der Waals surface area contributed by atoms with Gasteiger partial charge in [-0.1, -0.05) is 20.8 Å². The van der Waals surface area contributed by atoms with E-state index in [0.29, 0.717) is 11.3 Å². The zero-order chi connectivity index (χ0) is 9.64. The van der Waals surface area contributed by atoms with E-state index in [2.05, 4.69) is 31.4 Å². The molecule has 2 aliphatic rings. The molecule has 2 fully saturated rings. The van der Waals surface area contributed by atoms with Crippen LogP contribution in [0.1, 0.15) is 20.8 Å². The molecular formula is C10H18N2O. The zero-order valence-electron chi connectivity index (χ0n) is 8.55. The highest BCUT2D eigenvalue weighted by atomic mass is 16.2. The Bertz CT molecular complexity index is 241. The lowest BCUT2D eigenvalue weighted by Gasteiger charge is -2.57. The molecule has 4 atom stereocenters. The quantitative estimate of drug-likeness (QED) is 0.581. The fourth-order valence-corrected chi connectivity index (χ4v) is 3.02. The van der Waals surface area contributed by atoms with Gasteiger partial charge in [-0.25, -0.2) is 4.79 Å². The van der Waals surface area contributed by atoms with Gasteiger partial charge in [-0.15, -0.1) is 0 Å². The van der Waals surface area contributed by atoms with E-state index < -0.39 is 0 Å². The summed E-state index contributed by atoms with van der Waals surface area (Å²) in [6.45, 7) is 8.53. The smallest absolute Gasteiger partial charge is 0.314 e. The van der Waals surface area contributed by atoms with Gasteiger partial charge in [-0.3, -0.25) is 0 Å². The molecule has 0 aromatic heterocycles. The minimum absolute atomic E-state index is 0.00461. The van der Waals surface area contributed by atoms with Gasteiger partial charge in [0, 0.05) is 13.1 Å². The Morgan fingerprint density at radius 1 is 1.38 bits per heavy atom. The van der Waals surface area contributed by atoms with E-state index in [1.54, 1.807) is 0 Å². The summed E-state index contributed by atoms with van der Waals surface area (Å²) >= 11 is 0. The first-order valence-corrected chi connectivity index (χ1v) is 5.07. The second-order valence-corrected chi connectivity index (χ2v) is 4.82. The first-order valence-electron chi connectivity index (χ1n) is 5.07. The fraction of sp³-hybridized carbons (Fsp3) is 0.900. The van der Waals surface area contributed by atoms with Crippen molar-refractivity contribution in [2.24, 2.45) is 23.2 Å². The van der Waals surface area contributed by atoms with Crippen LogP contribution in [0.25, 0.3) is 0 Å². The maximum atomic E-state index is 11.1. The van der Waals surface area contributed by atoms with Crippen molar-refractivity contribution < 1.29 is 4.79 Å². The third-order valence-corrected chi connectivity index (χ3v) is 4.42. The van der Waals surface area contributed by atoms with Crippen molar-refractivity contribution >= 4 is 6.03 Å². The number of rotatable bonds is 0. The van der Waals surface area contributed by atoms with Gasteiger partial charge in [0.1, 0.15) is 0 Å². The minimum atomic E-state index is -0.00461. The Hall–Kier alpha value is -0.730. The lowest BCUT2D eigenvalue weighted by Crippen LogP contribution is -2.57. The third-order valence-electron chi connectivity index (χ3n) is 4.42. The summed E-state index contributed by atoms with van der Waals surface area (Å²) in [6.07, 6.45) is 0. The third kappa shape index (κ3) is 1.06. The van der Waals surface area contributed by atoms with Gasteiger partial charge >= 0.3 is 6.03 Å². The topological polar surface area (TPSA) is 41.1 Å². The summed E-state index contributed by atoms with van der Waals surface area (Å²) in [4.78, 5) is 11.1. The van der Waals surface area contributed by atoms with Crippen LogP contribution in [0, 0.1) is 23.2 Å². The lowest BCUT2D eigenvalue weighted by atomic mass is 9.48. The molecule has 0 radical (unpaired) electrons. The molecule has 2 N–H and O–H groups in total. The molecule has 1 heterocycles. The normalized spacial score (nSPS) is 49.5. The van der Waals surface area contributed by atoms with Crippen molar-refractivity contribution in [1.29, 1.82) is 0 Å². The highest BCUT2D eigenvalue weighted by Gasteiger charge is 2.55. The largest absolute Gasteiger partial charge is 0.338 e. The van der Waals surface area contributed by atoms with Crippen LogP contribution < -0.4 is 10.6 Å². The number of carbonyl (C=O) groups excluding carboxylic acids is 1. The van der Waals surface area contributed by atoms with Crippen LogP contribution in [0.15, 0.2) is 0 Å². The van der Waals surface area contributed by atoms with E-state index in [9.17, 15) is 4.79 Å². The monoisotopic (exact) mass is 182 g/mol. The summed E-state index contributed by atoms with van der Waals surface area (Å²) < 4.78 is 0. The Balaban J connectivity index is 2.16. The molecule has 0 aromatic rings. The Kier molecular flexibility index (Phi) is 1.79. The number of fused-ring (bicyclic) bond motifs is 1. The van der Waals surface area contributed by atoms with Crippen LogP contribution in [-0.2, 0) is 0 Å². The number of nitrogens with one attached hydrogen (secondary N) is 2. The number of amides is 2. The molecule has 1 saturated carbocycles. The molecule has 0 bridgehead atoms. The summed E-state index contributed by atoms with van der Waals surface area (Å²) in [5, 5.41) is 5.82. The second-order valence-electron chi connectivity index (χ2n) is 4.82. The second kappa shape index (κ2) is 2.63. The SMILES string of the molecule is CC1C(C)C2(C)CNC(=O)NCC12. The van der Waals surface area contributed by atoms with Crippen molar-refractivity contribution in [3.63, 3.8) is 0 Å². The molecule has 74 valence electrons. The molecule has 0 spiro atoms. The van der Waals surface area contributed by atoms with Gasteiger partial charge in [-0.05, 0) is 23.2 Å². The number of hydrogen-bond donors (Lipinski definition) is 2. The van der Waals surface area contributed by atoms with Crippen LogP contribution >= 0.6 is 0 Å². The molecule has 1 aliphatic heterocycles. The summed E-state index contributed by atoms with van der Waals surface area (Å²) in [5.74, 6) is 2.12. The Morgan fingerprint density at radius 2 is 2.08 bits per heavy atom. The highest BCUT2D eigenvalue weighted by Crippen LogP contribution is 2.55. The number of urea groups is 1. The fourth-order valence-electron chi connectivity index (χ4n) is 3.02. The van der Waals surface area contributed by atoms with E-state index in [1.165, 1.54) is 0 Å². The molecule has 2 rings (SSSR count). The van der Waals surface area contributed by atoms with Gasteiger partial charge in [0.25, 0.3) is 0 Å². The van der Waals surface area contributed by atoms with Crippen molar-refractivity contribution in [1.82, 2.24) is 10.6 Å². The average Bonchev–Trinajstić information content (AvgIpc) is 2.25. The first-order chi connectivity index (χ1) is 6.05. The highest BCUT2D eigenvalue weighted by molar-refractivity contribution is 5.74. The molecule has 3 heteroatoms. The summed E-state index contributed by atoms with van der Waals surface area (Å²) in [5.41, 5.74) is 0.318. The molecule has 2 amide bonds. The van der Waals surface area contributed by atoms with E-state index in [1.807, 2.05) is 0 Å². The Morgan fingerprint density at radius 3 is 2.77 bits per heavy atom.